The van der Waals surface area contributed by atoms with Crippen LogP contribution in [0.25, 0.3) is 0 Å². The summed E-state index contributed by atoms with van der Waals surface area (Å²) in [6, 6.07) is 4.90. The van der Waals surface area contributed by atoms with Crippen LogP contribution in [-0.2, 0) is 0 Å². The molecule has 1 rings (SSSR count). The molecule has 1 aromatic carbocycles. The van der Waals surface area contributed by atoms with Crippen LogP contribution in [0.5, 0.6) is 0 Å². The Morgan fingerprint density at radius 3 is 2.70 bits per heavy atom. The van der Waals surface area contributed by atoms with Crippen molar-refractivity contribution in [3.63, 3.8) is 0 Å². The van der Waals surface area contributed by atoms with Crippen LogP contribution in [0.4, 0.5) is 10.1 Å². The Morgan fingerprint density at radius 1 is 1.50 bits per heavy atom. The molecule has 1 nitrogen and oxygen atoms in total. The average Bonchev–Trinajstić information content (AvgIpc) is 1.95. The third kappa shape index (κ3) is 1.55. The van der Waals surface area contributed by atoms with Crippen LogP contribution in [0.2, 0.25) is 5.02 Å². The Bertz CT molecular complexity index is 241. The zero-order valence-electron chi connectivity index (χ0n) is 5.07. The van der Waals surface area contributed by atoms with Gasteiger partial charge in [-0.15, -0.1) is 0 Å². The van der Waals surface area contributed by atoms with Crippen LogP contribution < -0.4 is 3.54 Å². The molecule has 0 aromatic heterocycles. The number of nitrogens with one attached hydrogen (secondary N) is 1. The van der Waals surface area contributed by atoms with Gasteiger partial charge in [0.2, 0.25) is 0 Å². The Labute approximate surface area is 77.0 Å². The molecule has 0 aliphatic rings. The van der Waals surface area contributed by atoms with Crippen molar-refractivity contribution in [2.45, 2.75) is 0 Å². The van der Waals surface area contributed by atoms with E-state index in [9.17, 15) is 4.39 Å². The van der Waals surface area contributed by atoms with Crippen molar-refractivity contribution in [2.75, 3.05) is 3.54 Å². The first-order chi connectivity index (χ1) is 4.75. The summed E-state index contributed by atoms with van der Waals surface area (Å²) < 4.78 is 15.6. The molecular formula is C6H5ClFNSn. The van der Waals surface area contributed by atoms with Crippen molar-refractivity contribution in [1.82, 2.24) is 0 Å². The zero-order chi connectivity index (χ0) is 7.56. The molecule has 0 unspecified atom stereocenters. The molecule has 4 heteroatoms. The van der Waals surface area contributed by atoms with Crippen LogP contribution in [0.1, 0.15) is 0 Å². The van der Waals surface area contributed by atoms with E-state index in [2.05, 4.69) is 3.54 Å². The van der Waals surface area contributed by atoms with Crippen LogP contribution in [0.3, 0.4) is 0 Å². The number of halogens is 2. The summed E-state index contributed by atoms with van der Waals surface area (Å²) in [5, 5.41) is 0.166. The van der Waals surface area contributed by atoms with Crippen molar-refractivity contribution in [1.29, 1.82) is 0 Å². The molecule has 0 aliphatic carbocycles. The summed E-state index contributed by atoms with van der Waals surface area (Å²) in [7, 11) is 0. The Morgan fingerprint density at radius 2 is 2.20 bits per heavy atom. The normalized spacial score (nSPS) is 9.50. The van der Waals surface area contributed by atoms with E-state index in [1.165, 1.54) is 6.07 Å². The second kappa shape index (κ2) is 3.44. The topological polar surface area (TPSA) is 12.0 Å². The molecule has 0 heterocycles. The molecule has 0 amide bonds. The summed E-state index contributed by atoms with van der Waals surface area (Å²) in [6.45, 7) is 0. The van der Waals surface area contributed by atoms with Gasteiger partial charge in [0, 0.05) is 0 Å². The third-order valence-electron chi connectivity index (χ3n) is 1.11. The molecule has 0 atom stereocenters. The minimum atomic E-state index is -0.364. The number of hydrogen-bond donors (Lipinski definition) is 1. The molecule has 1 aromatic rings. The molecule has 0 spiro atoms. The second-order valence-electron chi connectivity index (χ2n) is 1.75. The Hall–Kier alpha value is 0.0387. The van der Waals surface area contributed by atoms with Gasteiger partial charge < -0.3 is 0 Å². The molecule has 2 radical (unpaired) electrons. The number of benzene rings is 1. The van der Waals surface area contributed by atoms with Crippen molar-refractivity contribution in [3.8, 4) is 0 Å². The Kier molecular flexibility index (Phi) is 2.80. The SMILES string of the molecule is Fc1c(Cl)cccc1[NH][SnH]. The van der Waals surface area contributed by atoms with E-state index < -0.39 is 0 Å². The number of anilines is 1. The molecule has 0 aliphatic heterocycles. The van der Waals surface area contributed by atoms with E-state index in [0.29, 0.717) is 5.69 Å². The van der Waals surface area contributed by atoms with E-state index in [4.69, 9.17) is 11.6 Å². The van der Waals surface area contributed by atoms with E-state index in [1.807, 2.05) is 0 Å². The van der Waals surface area contributed by atoms with Crippen molar-refractivity contribution < 1.29 is 4.39 Å². The van der Waals surface area contributed by atoms with Gasteiger partial charge in [-0.3, -0.25) is 0 Å². The molecule has 0 fully saturated rings. The maximum atomic E-state index is 12.8. The van der Waals surface area contributed by atoms with E-state index in [-0.39, 0.29) is 10.8 Å². The first-order valence-electron chi connectivity index (χ1n) is 2.66. The van der Waals surface area contributed by atoms with Crippen LogP contribution in [-0.4, -0.2) is 22.8 Å². The summed E-state index contributed by atoms with van der Waals surface area (Å²) in [4.78, 5) is 0. The van der Waals surface area contributed by atoms with Gasteiger partial charge in [-0.05, 0) is 0 Å². The molecular weight excluding hydrogens is 259 g/mol. The van der Waals surface area contributed by atoms with Crippen molar-refractivity contribution in [3.05, 3.63) is 29.0 Å². The molecule has 52 valence electrons. The van der Waals surface area contributed by atoms with Gasteiger partial charge in [-0.2, -0.15) is 0 Å². The van der Waals surface area contributed by atoms with Crippen molar-refractivity contribution >= 4 is 40.1 Å². The molecule has 0 bridgehead atoms. The predicted octanol–water partition coefficient (Wildman–Crippen LogP) is 1.71. The predicted molar refractivity (Wildman–Crippen MR) is 42.2 cm³/mol. The minimum absolute atomic E-state index is 0.166. The Balaban J connectivity index is 3.14. The zero-order valence-corrected chi connectivity index (χ0v) is 9.12. The molecule has 0 saturated carbocycles. The maximum absolute atomic E-state index is 12.8. The second-order valence-corrected chi connectivity index (χ2v) is 2.98. The third-order valence-corrected chi connectivity index (χ3v) is 2.29. The van der Waals surface area contributed by atoms with Gasteiger partial charge in [-0.1, -0.05) is 0 Å². The van der Waals surface area contributed by atoms with Crippen molar-refractivity contribution in [2.24, 2.45) is 0 Å². The fourth-order valence-electron chi connectivity index (χ4n) is 0.615. The van der Waals surface area contributed by atoms with Gasteiger partial charge in [-0.25, -0.2) is 0 Å². The van der Waals surface area contributed by atoms with Gasteiger partial charge in [0.15, 0.2) is 0 Å². The fraction of sp³-hybridized carbons (Fsp3) is 0. The first kappa shape index (κ1) is 8.14. The summed E-state index contributed by atoms with van der Waals surface area (Å²) in [5.74, 6) is -0.364. The quantitative estimate of drug-likeness (QED) is 0.761. The summed E-state index contributed by atoms with van der Waals surface area (Å²) in [5.41, 5.74) is 0.481. The standard InChI is InChI=1S/C6H4ClFN.Sn.H/c7-4-2-1-3-5(9)6(4)8;;/h1-3,9H;;/q-1;+1;. The summed E-state index contributed by atoms with van der Waals surface area (Å²) in [6.07, 6.45) is 0. The molecule has 10 heavy (non-hydrogen) atoms. The van der Waals surface area contributed by atoms with E-state index in [1.54, 1.807) is 12.1 Å². The molecule has 0 saturated heterocycles. The summed E-state index contributed by atoms with van der Waals surface area (Å²) >= 11 is 6.28. The van der Waals surface area contributed by atoms with Crippen LogP contribution in [0.15, 0.2) is 18.2 Å². The van der Waals surface area contributed by atoms with Crippen LogP contribution in [0, 0.1) is 5.82 Å². The van der Waals surface area contributed by atoms with Gasteiger partial charge in [0.05, 0.1) is 0 Å². The van der Waals surface area contributed by atoms with Crippen LogP contribution >= 0.6 is 11.6 Å². The molecule has 1 N–H and O–H groups in total. The fourth-order valence-corrected chi connectivity index (χ4v) is 1.43. The van der Waals surface area contributed by atoms with E-state index >= 15 is 0 Å². The van der Waals surface area contributed by atoms with E-state index in [0.717, 1.165) is 22.8 Å². The first-order valence-corrected chi connectivity index (χ1v) is 4.69. The van der Waals surface area contributed by atoms with Gasteiger partial charge >= 0.3 is 77.1 Å². The van der Waals surface area contributed by atoms with Gasteiger partial charge in [0.25, 0.3) is 0 Å². The average molecular weight is 264 g/mol. The monoisotopic (exact) mass is 265 g/mol. The van der Waals surface area contributed by atoms with Gasteiger partial charge in [0.1, 0.15) is 0 Å². The number of hydrogen-bond acceptors (Lipinski definition) is 1. The number of rotatable bonds is 1.